The number of nitrogens with zero attached hydrogens (tertiary/aromatic N) is 1. The normalized spacial score (nSPS) is 14.9. The van der Waals surface area contributed by atoms with Gasteiger partial charge in [-0.2, -0.15) is 0 Å². The van der Waals surface area contributed by atoms with Crippen LogP contribution in [0.2, 0.25) is 0 Å². The topological polar surface area (TPSA) is 67.0 Å². The fourth-order valence-corrected chi connectivity index (χ4v) is 1.79. The molecule has 2 aromatic rings. The van der Waals surface area contributed by atoms with Gasteiger partial charge < -0.3 is 9.72 Å². The van der Waals surface area contributed by atoms with Crippen LogP contribution in [0.25, 0.3) is 11.0 Å². The summed E-state index contributed by atoms with van der Waals surface area (Å²) in [5.74, 6) is 1.40. The molecule has 0 saturated heterocycles. The van der Waals surface area contributed by atoms with Crippen LogP contribution in [0.4, 0.5) is 5.95 Å². The zero-order valence-electron chi connectivity index (χ0n) is 9.49. The van der Waals surface area contributed by atoms with Gasteiger partial charge in [0.25, 0.3) is 0 Å². The Morgan fingerprint density at radius 1 is 1.53 bits per heavy atom. The van der Waals surface area contributed by atoms with E-state index in [-0.39, 0.29) is 11.8 Å². The van der Waals surface area contributed by atoms with Gasteiger partial charge in [0.15, 0.2) is 0 Å². The van der Waals surface area contributed by atoms with Crippen LogP contribution in [0.3, 0.4) is 0 Å². The van der Waals surface area contributed by atoms with E-state index in [2.05, 4.69) is 15.3 Å². The molecular formula is C12H13N3O2. The van der Waals surface area contributed by atoms with Crippen LogP contribution in [-0.2, 0) is 4.79 Å². The van der Waals surface area contributed by atoms with E-state index in [0.29, 0.717) is 11.7 Å². The Morgan fingerprint density at radius 3 is 3.06 bits per heavy atom. The average Bonchev–Trinajstić information content (AvgIpc) is 3.09. The molecule has 1 aromatic heterocycles. The molecule has 0 spiro atoms. The van der Waals surface area contributed by atoms with Gasteiger partial charge in [-0.15, -0.1) is 0 Å². The van der Waals surface area contributed by atoms with Crippen molar-refractivity contribution in [2.24, 2.45) is 5.92 Å². The maximum Gasteiger partial charge on any atom is 0.229 e. The molecule has 3 rings (SSSR count). The average molecular weight is 231 g/mol. The molecule has 1 fully saturated rings. The van der Waals surface area contributed by atoms with Crippen molar-refractivity contribution < 1.29 is 9.53 Å². The van der Waals surface area contributed by atoms with E-state index in [1.165, 1.54) is 0 Å². The van der Waals surface area contributed by atoms with Crippen LogP contribution >= 0.6 is 0 Å². The first-order chi connectivity index (χ1) is 8.28. The molecule has 1 aromatic carbocycles. The standard InChI is InChI=1S/C12H13N3O2/c1-17-9-4-2-3-8-10(9)14-12(13-8)15-11(16)7-5-6-7/h2-4,7H,5-6H2,1H3,(H2,13,14,15,16). The van der Waals surface area contributed by atoms with Crippen LogP contribution in [0.5, 0.6) is 5.75 Å². The number of hydrogen-bond donors (Lipinski definition) is 2. The number of aromatic nitrogens is 2. The number of carbonyl (C=O) groups is 1. The number of nitrogens with one attached hydrogen (secondary N) is 2. The maximum absolute atomic E-state index is 11.6. The van der Waals surface area contributed by atoms with E-state index in [0.717, 1.165) is 23.9 Å². The molecule has 1 saturated carbocycles. The monoisotopic (exact) mass is 231 g/mol. The smallest absolute Gasteiger partial charge is 0.229 e. The molecule has 5 nitrogen and oxygen atoms in total. The molecular weight excluding hydrogens is 218 g/mol. The molecule has 17 heavy (non-hydrogen) atoms. The van der Waals surface area contributed by atoms with E-state index in [1.807, 2.05) is 18.2 Å². The number of rotatable bonds is 3. The fourth-order valence-electron chi connectivity index (χ4n) is 1.79. The molecule has 1 amide bonds. The van der Waals surface area contributed by atoms with Crippen LogP contribution in [-0.4, -0.2) is 23.0 Å². The Labute approximate surface area is 98.2 Å². The summed E-state index contributed by atoms with van der Waals surface area (Å²) in [5.41, 5.74) is 1.59. The second kappa shape index (κ2) is 3.76. The third kappa shape index (κ3) is 1.84. The summed E-state index contributed by atoms with van der Waals surface area (Å²) in [7, 11) is 1.60. The molecule has 0 radical (unpaired) electrons. The van der Waals surface area contributed by atoms with Gasteiger partial charge >= 0.3 is 0 Å². The number of imidazole rings is 1. The highest BCUT2D eigenvalue weighted by atomic mass is 16.5. The first-order valence-electron chi connectivity index (χ1n) is 5.61. The molecule has 88 valence electrons. The minimum absolute atomic E-state index is 0.0445. The number of methoxy groups -OCH3 is 1. The lowest BCUT2D eigenvalue weighted by Gasteiger charge is -1.98. The number of ether oxygens (including phenoxy) is 1. The molecule has 0 atom stereocenters. The van der Waals surface area contributed by atoms with Gasteiger partial charge in [-0.1, -0.05) is 6.07 Å². The first kappa shape index (κ1) is 10.1. The molecule has 1 aliphatic carbocycles. The minimum Gasteiger partial charge on any atom is -0.494 e. The summed E-state index contributed by atoms with van der Waals surface area (Å²) in [5, 5.41) is 2.78. The Kier molecular flexibility index (Phi) is 2.24. The molecule has 5 heteroatoms. The van der Waals surface area contributed by atoms with Crippen molar-refractivity contribution >= 4 is 22.9 Å². The zero-order valence-corrected chi connectivity index (χ0v) is 9.49. The summed E-state index contributed by atoms with van der Waals surface area (Å²) in [4.78, 5) is 19.0. The van der Waals surface area contributed by atoms with Crippen LogP contribution in [0, 0.1) is 5.92 Å². The molecule has 1 aliphatic rings. The molecule has 0 unspecified atom stereocenters. The highest BCUT2D eigenvalue weighted by Crippen LogP contribution is 2.30. The number of H-pyrrole nitrogens is 1. The lowest BCUT2D eigenvalue weighted by atomic mass is 10.3. The fraction of sp³-hybridized carbons (Fsp3) is 0.333. The summed E-state index contributed by atoms with van der Waals surface area (Å²) >= 11 is 0. The van der Waals surface area contributed by atoms with Crippen molar-refractivity contribution in [2.75, 3.05) is 12.4 Å². The molecule has 1 heterocycles. The summed E-state index contributed by atoms with van der Waals surface area (Å²) < 4.78 is 5.21. The zero-order chi connectivity index (χ0) is 11.8. The van der Waals surface area contributed by atoms with Gasteiger partial charge in [0.05, 0.1) is 12.6 Å². The number of benzene rings is 1. The van der Waals surface area contributed by atoms with Gasteiger partial charge in [0, 0.05) is 5.92 Å². The van der Waals surface area contributed by atoms with Gasteiger partial charge in [-0.05, 0) is 25.0 Å². The second-order valence-corrected chi connectivity index (χ2v) is 4.21. The number of aromatic amines is 1. The van der Waals surface area contributed by atoms with Crippen LogP contribution in [0.1, 0.15) is 12.8 Å². The van der Waals surface area contributed by atoms with Crippen molar-refractivity contribution in [3.8, 4) is 5.75 Å². The van der Waals surface area contributed by atoms with Crippen molar-refractivity contribution in [1.29, 1.82) is 0 Å². The quantitative estimate of drug-likeness (QED) is 0.848. The highest BCUT2D eigenvalue weighted by Gasteiger charge is 2.30. The van der Waals surface area contributed by atoms with E-state index < -0.39 is 0 Å². The van der Waals surface area contributed by atoms with E-state index >= 15 is 0 Å². The highest BCUT2D eigenvalue weighted by molar-refractivity contribution is 5.94. The van der Waals surface area contributed by atoms with Gasteiger partial charge in [0.1, 0.15) is 11.3 Å². The Hall–Kier alpha value is -2.04. The second-order valence-electron chi connectivity index (χ2n) is 4.21. The Bertz CT molecular complexity index is 572. The number of carbonyl (C=O) groups excluding carboxylic acids is 1. The number of para-hydroxylation sites is 1. The summed E-state index contributed by atoms with van der Waals surface area (Å²) in [6, 6.07) is 5.62. The largest absolute Gasteiger partial charge is 0.494 e. The van der Waals surface area contributed by atoms with Crippen molar-refractivity contribution in [1.82, 2.24) is 9.97 Å². The first-order valence-corrected chi connectivity index (χ1v) is 5.61. The number of fused-ring (bicyclic) bond motifs is 1. The number of anilines is 1. The molecule has 0 bridgehead atoms. The predicted molar refractivity (Wildman–Crippen MR) is 64.0 cm³/mol. The van der Waals surface area contributed by atoms with Gasteiger partial charge in [-0.3, -0.25) is 10.1 Å². The third-order valence-electron chi connectivity index (χ3n) is 2.89. The SMILES string of the molecule is COc1cccc2[nH]c(NC(=O)C3CC3)nc12. The Morgan fingerprint density at radius 2 is 2.35 bits per heavy atom. The van der Waals surface area contributed by atoms with Gasteiger partial charge in [-0.25, -0.2) is 4.98 Å². The lowest BCUT2D eigenvalue weighted by Crippen LogP contribution is -2.14. The van der Waals surface area contributed by atoms with Crippen molar-refractivity contribution in [3.05, 3.63) is 18.2 Å². The molecule has 2 N–H and O–H groups in total. The van der Waals surface area contributed by atoms with E-state index in [4.69, 9.17) is 4.74 Å². The lowest BCUT2D eigenvalue weighted by molar-refractivity contribution is -0.117. The minimum atomic E-state index is 0.0445. The maximum atomic E-state index is 11.6. The van der Waals surface area contributed by atoms with Crippen LogP contribution in [0.15, 0.2) is 18.2 Å². The van der Waals surface area contributed by atoms with E-state index in [1.54, 1.807) is 7.11 Å². The Balaban J connectivity index is 1.92. The van der Waals surface area contributed by atoms with Gasteiger partial charge in [0.2, 0.25) is 11.9 Å². The van der Waals surface area contributed by atoms with Crippen molar-refractivity contribution in [3.63, 3.8) is 0 Å². The molecule has 0 aliphatic heterocycles. The third-order valence-corrected chi connectivity index (χ3v) is 2.89. The van der Waals surface area contributed by atoms with E-state index in [9.17, 15) is 4.79 Å². The van der Waals surface area contributed by atoms with Crippen LogP contribution < -0.4 is 10.1 Å². The van der Waals surface area contributed by atoms with Crippen molar-refractivity contribution in [2.45, 2.75) is 12.8 Å². The summed E-state index contributed by atoms with van der Waals surface area (Å²) in [6.45, 7) is 0. The predicted octanol–water partition coefficient (Wildman–Crippen LogP) is 1.92. The number of amides is 1. The number of hydrogen-bond acceptors (Lipinski definition) is 3. The summed E-state index contributed by atoms with van der Waals surface area (Å²) in [6.07, 6.45) is 1.96.